The van der Waals surface area contributed by atoms with Crippen LogP contribution < -0.4 is 16.6 Å². The third-order valence-electron chi connectivity index (χ3n) is 1.46. The van der Waals surface area contributed by atoms with Gasteiger partial charge in [0.05, 0.1) is 0 Å². The highest BCUT2D eigenvalue weighted by atomic mass is 32.1. The molecule has 0 radical (unpaired) electrons. The van der Waals surface area contributed by atoms with Gasteiger partial charge in [0, 0.05) is 5.54 Å². The average Bonchev–Trinajstić information content (AvgIpc) is 1.86. The largest absolute Gasteiger partial charge is 0.357 e. The first kappa shape index (κ1) is 10.7. The van der Waals surface area contributed by atoms with Gasteiger partial charge in [0.1, 0.15) is 0 Å². The van der Waals surface area contributed by atoms with Crippen molar-refractivity contribution < 1.29 is 0 Å². The van der Waals surface area contributed by atoms with Crippen molar-refractivity contribution in [3.05, 3.63) is 0 Å². The molecular weight excluding hydrogens is 158 g/mol. The van der Waals surface area contributed by atoms with E-state index in [1.807, 2.05) is 0 Å². The minimum absolute atomic E-state index is 0.0399. The lowest BCUT2D eigenvalue weighted by Gasteiger charge is -2.26. The Bertz CT molecular complexity index is 134. The standard InChI is InChI=1S/C7H17N3S/c1-4-5-7(2,3)9-6(11)10-8/h4-5,8H2,1-3H3,(H2,9,10,11). The summed E-state index contributed by atoms with van der Waals surface area (Å²) in [5.74, 6) is 5.12. The first-order valence-corrected chi connectivity index (χ1v) is 4.21. The van der Waals surface area contributed by atoms with E-state index in [9.17, 15) is 0 Å². The molecule has 11 heavy (non-hydrogen) atoms. The molecule has 0 aromatic carbocycles. The summed E-state index contributed by atoms with van der Waals surface area (Å²) in [7, 11) is 0. The van der Waals surface area contributed by atoms with Crippen molar-refractivity contribution in [2.24, 2.45) is 5.84 Å². The minimum atomic E-state index is 0.0399. The summed E-state index contributed by atoms with van der Waals surface area (Å²) < 4.78 is 0. The van der Waals surface area contributed by atoms with Gasteiger partial charge in [0.2, 0.25) is 0 Å². The summed E-state index contributed by atoms with van der Waals surface area (Å²) in [6.45, 7) is 6.34. The number of hydrogen-bond acceptors (Lipinski definition) is 2. The van der Waals surface area contributed by atoms with Crippen LogP contribution in [0.25, 0.3) is 0 Å². The molecule has 0 atom stereocenters. The molecule has 0 saturated heterocycles. The van der Waals surface area contributed by atoms with E-state index < -0.39 is 0 Å². The molecule has 0 aromatic heterocycles. The van der Waals surface area contributed by atoms with Gasteiger partial charge in [-0.1, -0.05) is 13.3 Å². The fraction of sp³-hybridized carbons (Fsp3) is 0.857. The quantitative estimate of drug-likeness (QED) is 0.339. The van der Waals surface area contributed by atoms with E-state index >= 15 is 0 Å². The summed E-state index contributed by atoms with van der Waals surface area (Å²) >= 11 is 4.87. The molecule has 0 heterocycles. The first-order chi connectivity index (χ1) is 5.02. The molecule has 0 saturated carbocycles. The molecule has 0 bridgehead atoms. The van der Waals surface area contributed by atoms with Gasteiger partial charge >= 0.3 is 0 Å². The van der Waals surface area contributed by atoms with Crippen LogP contribution in [-0.2, 0) is 0 Å². The Morgan fingerprint density at radius 1 is 1.55 bits per heavy atom. The molecule has 0 aliphatic heterocycles. The second-order valence-electron chi connectivity index (χ2n) is 3.23. The Labute approximate surface area is 73.7 Å². The summed E-state index contributed by atoms with van der Waals surface area (Å²) in [6.07, 6.45) is 2.21. The maximum absolute atomic E-state index is 5.12. The van der Waals surface area contributed by atoms with E-state index in [-0.39, 0.29) is 5.54 Å². The SMILES string of the molecule is CCCC(C)(C)NC(=S)NN. The normalized spacial score (nSPS) is 10.9. The van der Waals surface area contributed by atoms with Crippen LogP contribution in [0, 0.1) is 0 Å². The minimum Gasteiger partial charge on any atom is -0.357 e. The van der Waals surface area contributed by atoms with Crippen LogP contribution in [0.1, 0.15) is 33.6 Å². The molecule has 4 N–H and O–H groups in total. The molecule has 0 aliphatic carbocycles. The van der Waals surface area contributed by atoms with Gasteiger partial charge in [-0.15, -0.1) is 0 Å². The Balaban J connectivity index is 3.80. The maximum atomic E-state index is 5.12. The van der Waals surface area contributed by atoms with E-state index in [0.717, 1.165) is 12.8 Å². The Kier molecular flexibility index (Phi) is 4.37. The lowest BCUT2D eigenvalue weighted by Crippen LogP contribution is -2.50. The van der Waals surface area contributed by atoms with Gasteiger partial charge < -0.3 is 10.7 Å². The van der Waals surface area contributed by atoms with Gasteiger partial charge in [0.25, 0.3) is 0 Å². The van der Waals surface area contributed by atoms with Crippen molar-refractivity contribution in [1.82, 2.24) is 10.7 Å². The summed E-state index contributed by atoms with van der Waals surface area (Å²) in [5.41, 5.74) is 2.44. The maximum Gasteiger partial charge on any atom is 0.181 e. The van der Waals surface area contributed by atoms with Crippen molar-refractivity contribution in [2.45, 2.75) is 39.2 Å². The van der Waals surface area contributed by atoms with Gasteiger partial charge in [-0.2, -0.15) is 0 Å². The molecule has 4 heteroatoms. The van der Waals surface area contributed by atoms with Crippen LogP contribution in [0.4, 0.5) is 0 Å². The third kappa shape index (κ3) is 4.98. The molecule has 0 unspecified atom stereocenters. The van der Waals surface area contributed by atoms with Crippen molar-refractivity contribution >= 4 is 17.3 Å². The lowest BCUT2D eigenvalue weighted by atomic mass is 9.99. The van der Waals surface area contributed by atoms with Gasteiger partial charge in [0.15, 0.2) is 5.11 Å². The molecular formula is C7H17N3S. The van der Waals surface area contributed by atoms with Gasteiger partial charge in [-0.3, -0.25) is 0 Å². The predicted molar refractivity (Wildman–Crippen MR) is 52.0 cm³/mol. The number of nitrogens with two attached hydrogens (primary N) is 1. The fourth-order valence-electron chi connectivity index (χ4n) is 1.03. The second-order valence-corrected chi connectivity index (χ2v) is 3.64. The number of thiocarbonyl (C=S) groups is 1. The topological polar surface area (TPSA) is 50.1 Å². The number of nitrogens with one attached hydrogen (secondary N) is 2. The van der Waals surface area contributed by atoms with E-state index in [1.54, 1.807) is 0 Å². The third-order valence-corrected chi connectivity index (χ3v) is 1.68. The van der Waals surface area contributed by atoms with Crippen LogP contribution in [0.5, 0.6) is 0 Å². The second kappa shape index (κ2) is 4.51. The monoisotopic (exact) mass is 175 g/mol. The smallest absolute Gasteiger partial charge is 0.181 e. The fourth-order valence-corrected chi connectivity index (χ4v) is 1.31. The van der Waals surface area contributed by atoms with Gasteiger partial charge in [-0.05, 0) is 32.5 Å². The van der Waals surface area contributed by atoms with E-state index in [4.69, 9.17) is 18.1 Å². The summed E-state index contributed by atoms with van der Waals surface area (Å²) in [4.78, 5) is 0. The van der Waals surface area contributed by atoms with Crippen LogP contribution in [0.2, 0.25) is 0 Å². The van der Waals surface area contributed by atoms with Gasteiger partial charge in [-0.25, -0.2) is 5.84 Å². The zero-order chi connectivity index (χ0) is 8.91. The molecule has 0 fully saturated rings. The molecule has 0 spiro atoms. The Morgan fingerprint density at radius 3 is 2.45 bits per heavy atom. The predicted octanol–water partition coefficient (Wildman–Crippen LogP) is 0.903. The highest BCUT2D eigenvalue weighted by Crippen LogP contribution is 2.09. The molecule has 3 nitrogen and oxygen atoms in total. The average molecular weight is 175 g/mol. The summed E-state index contributed by atoms with van der Waals surface area (Å²) in [6, 6.07) is 0. The van der Waals surface area contributed by atoms with E-state index in [1.165, 1.54) is 0 Å². The Morgan fingerprint density at radius 2 is 2.09 bits per heavy atom. The van der Waals surface area contributed by atoms with Crippen molar-refractivity contribution in [3.8, 4) is 0 Å². The molecule has 0 rings (SSSR count). The zero-order valence-corrected chi connectivity index (χ0v) is 8.22. The molecule has 0 amide bonds. The van der Waals surface area contributed by atoms with Crippen LogP contribution in [-0.4, -0.2) is 10.7 Å². The van der Waals surface area contributed by atoms with Crippen molar-refractivity contribution in [3.63, 3.8) is 0 Å². The lowest BCUT2D eigenvalue weighted by molar-refractivity contribution is 0.418. The molecule has 0 aromatic rings. The number of hydrogen-bond donors (Lipinski definition) is 3. The van der Waals surface area contributed by atoms with E-state index in [2.05, 4.69) is 31.5 Å². The van der Waals surface area contributed by atoms with Crippen LogP contribution >= 0.6 is 12.2 Å². The van der Waals surface area contributed by atoms with Crippen molar-refractivity contribution in [1.29, 1.82) is 0 Å². The Hall–Kier alpha value is -0.350. The molecule has 66 valence electrons. The molecule has 0 aliphatic rings. The van der Waals surface area contributed by atoms with Crippen LogP contribution in [0.3, 0.4) is 0 Å². The van der Waals surface area contributed by atoms with E-state index in [0.29, 0.717) is 5.11 Å². The zero-order valence-electron chi connectivity index (χ0n) is 7.40. The number of rotatable bonds is 3. The number of hydrazine groups is 1. The highest BCUT2D eigenvalue weighted by Gasteiger charge is 2.16. The first-order valence-electron chi connectivity index (χ1n) is 3.80. The summed E-state index contributed by atoms with van der Waals surface area (Å²) in [5, 5.41) is 3.61. The van der Waals surface area contributed by atoms with Crippen LogP contribution in [0.15, 0.2) is 0 Å². The highest BCUT2D eigenvalue weighted by molar-refractivity contribution is 7.80. The van der Waals surface area contributed by atoms with Crippen molar-refractivity contribution in [2.75, 3.05) is 0 Å².